The first kappa shape index (κ1) is 16.3. The lowest BCUT2D eigenvalue weighted by atomic mass is 9.80. The van der Waals surface area contributed by atoms with Crippen molar-refractivity contribution >= 4 is 29.2 Å². The first-order chi connectivity index (χ1) is 12.6. The number of fused-ring (bicyclic) bond motifs is 2. The molecule has 4 aliphatic rings. The van der Waals surface area contributed by atoms with E-state index in [0.29, 0.717) is 18.3 Å². The van der Waals surface area contributed by atoms with Gasteiger partial charge in [-0.15, -0.1) is 11.3 Å². The maximum Gasteiger partial charge on any atom is 0.325 e. The van der Waals surface area contributed by atoms with Gasteiger partial charge in [0.25, 0.3) is 5.91 Å². The van der Waals surface area contributed by atoms with E-state index in [1.165, 1.54) is 30.6 Å². The van der Waals surface area contributed by atoms with Crippen LogP contribution in [0.15, 0.2) is 11.4 Å². The molecule has 2 saturated carbocycles. The van der Waals surface area contributed by atoms with Gasteiger partial charge < -0.3 is 10.6 Å². The Morgan fingerprint density at radius 3 is 2.73 bits per heavy atom. The summed E-state index contributed by atoms with van der Waals surface area (Å²) >= 11 is 1.63. The number of hydrogen-bond acceptors (Lipinski definition) is 4. The molecule has 3 aliphatic carbocycles. The fraction of sp³-hybridized carbons (Fsp3) is 0.632. The zero-order chi connectivity index (χ0) is 17.9. The summed E-state index contributed by atoms with van der Waals surface area (Å²) < 4.78 is 0. The Hall–Kier alpha value is -1.89. The van der Waals surface area contributed by atoms with Crippen LogP contribution in [0.2, 0.25) is 0 Å². The minimum Gasteiger partial charge on any atom is -0.351 e. The monoisotopic (exact) mass is 373 g/mol. The molecule has 1 saturated heterocycles. The van der Waals surface area contributed by atoms with Crippen molar-refractivity contribution in [1.82, 2.24) is 15.5 Å². The molecule has 26 heavy (non-hydrogen) atoms. The molecular weight excluding hydrogens is 350 g/mol. The third kappa shape index (κ3) is 2.55. The lowest BCUT2D eigenvalue weighted by Gasteiger charge is -2.31. The SMILES string of the molecule is O=C(CN1C(=O)N[C@@]2(CCCc3sccc32)C1=O)NC(C1CC1)C1CC1. The lowest BCUT2D eigenvalue weighted by Crippen LogP contribution is -2.48. The van der Waals surface area contributed by atoms with E-state index in [1.807, 2.05) is 11.4 Å². The van der Waals surface area contributed by atoms with Crippen molar-refractivity contribution in [3.63, 3.8) is 0 Å². The van der Waals surface area contributed by atoms with Crippen molar-refractivity contribution in [1.29, 1.82) is 0 Å². The number of nitrogens with one attached hydrogen (secondary N) is 2. The summed E-state index contributed by atoms with van der Waals surface area (Å²) in [5.41, 5.74) is -0.0408. The molecule has 2 heterocycles. The zero-order valence-electron chi connectivity index (χ0n) is 14.6. The van der Waals surface area contributed by atoms with Gasteiger partial charge in [0.2, 0.25) is 5.91 Å². The minimum absolute atomic E-state index is 0.179. The van der Waals surface area contributed by atoms with E-state index in [2.05, 4.69) is 10.6 Å². The number of rotatable bonds is 5. The molecule has 0 unspecified atom stereocenters. The second kappa shape index (κ2) is 5.81. The average molecular weight is 373 g/mol. The molecule has 1 aromatic heterocycles. The summed E-state index contributed by atoms with van der Waals surface area (Å²) in [5, 5.41) is 7.98. The van der Waals surface area contributed by atoms with Gasteiger partial charge >= 0.3 is 6.03 Å². The highest BCUT2D eigenvalue weighted by Crippen LogP contribution is 2.45. The Kier molecular flexibility index (Phi) is 3.64. The van der Waals surface area contributed by atoms with Crippen LogP contribution >= 0.6 is 11.3 Å². The number of nitrogens with zero attached hydrogens (tertiary/aromatic N) is 1. The number of hydrogen-bond donors (Lipinski definition) is 2. The predicted octanol–water partition coefficient (Wildman–Crippen LogP) is 2.14. The maximum atomic E-state index is 13.1. The highest BCUT2D eigenvalue weighted by molar-refractivity contribution is 7.10. The first-order valence-electron chi connectivity index (χ1n) is 9.59. The molecule has 2 N–H and O–H groups in total. The summed E-state index contributed by atoms with van der Waals surface area (Å²) in [4.78, 5) is 40.5. The molecule has 7 heteroatoms. The van der Waals surface area contributed by atoms with Gasteiger partial charge in [0.05, 0.1) is 0 Å². The molecule has 0 radical (unpaired) electrons. The summed E-state index contributed by atoms with van der Waals surface area (Å²) in [6.45, 7) is -0.179. The van der Waals surface area contributed by atoms with Crippen molar-refractivity contribution in [2.45, 2.75) is 56.5 Å². The van der Waals surface area contributed by atoms with Crippen LogP contribution in [-0.4, -0.2) is 35.3 Å². The van der Waals surface area contributed by atoms with Gasteiger partial charge in [0.1, 0.15) is 12.1 Å². The van der Waals surface area contributed by atoms with Crippen LogP contribution in [0, 0.1) is 11.8 Å². The van der Waals surface area contributed by atoms with Crippen LogP contribution in [0.3, 0.4) is 0 Å². The van der Waals surface area contributed by atoms with Crippen molar-refractivity contribution in [2.75, 3.05) is 6.54 Å². The highest BCUT2D eigenvalue weighted by Gasteiger charge is 2.54. The average Bonchev–Trinajstić information content (AvgIpc) is 3.54. The van der Waals surface area contributed by atoms with E-state index < -0.39 is 11.6 Å². The molecule has 3 fully saturated rings. The third-order valence-corrected chi connectivity index (χ3v) is 7.21. The number of carbonyl (C=O) groups is 3. The number of thiophene rings is 1. The summed E-state index contributed by atoms with van der Waals surface area (Å²) in [5.74, 6) is 0.697. The summed E-state index contributed by atoms with van der Waals surface area (Å²) in [6.07, 6.45) is 7.12. The smallest absolute Gasteiger partial charge is 0.325 e. The summed E-state index contributed by atoms with van der Waals surface area (Å²) in [6, 6.07) is 1.73. The van der Waals surface area contributed by atoms with Gasteiger partial charge in [-0.2, -0.15) is 0 Å². The van der Waals surface area contributed by atoms with Crippen molar-refractivity contribution in [3.8, 4) is 0 Å². The van der Waals surface area contributed by atoms with E-state index in [1.54, 1.807) is 11.3 Å². The highest BCUT2D eigenvalue weighted by atomic mass is 32.1. The molecule has 4 amide bonds. The van der Waals surface area contributed by atoms with E-state index in [4.69, 9.17) is 0 Å². The Morgan fingerprint density at radius 2 is 2.04 bits per heavy atom. The van der Waals surface area contributed by atoms with Crippen LogP contribution in [0.1, 0.15) is 49.0 Å². The van der Waals surface area contributed by atoms with E-state index in [-0.39, 0.29) is 24.4 Å². The van der Waals surface area contributed by atoms with Gasteiger partial charge in [-0.05, 0) is 68.2 Å². The van der Waals surface area contributed by atoms with Crippen molar-refractivity contribution < 1.29 is 14.4 Å². The van der Waals surface area contributed by atoms with Crippen LogP contribution in [0.4, 0.5) is 4.79 Å². The molecule has 0 bridgehead atoms. The molecule has 0 aromatic carbocycles. The topological polar surface area (TPSA) is 78.5 Å². The van der Waals surface area contributed by atoms with E-state index in [0.717, 1.165) is 23.3 Å². The summed E-state index contributed by atoms with van der Waals surface area (Å²) in [7, 11) is 0. The Morgan fingerprint density at radius 1 is 1.31 bits per heavy atom. The number of carbonyl (C=O) groups excluding carboxylic acids is 3. The molecule has 1 aliphatic heterocycles. The Bertz CT molecular complexity index is 771. The largest absolute Gasteiger partial charge is 0.351 e. The molecule has 6 nitrogen and oxygen atoms in total. The second-order valence-electron chi connectivity index (χ2n) is 8.11. The van der Waals surface area contributed by atoms with Crippen LogP contribution in [0.5, 0.6) is 0 Å². The van der Waals surface area contributed by atoms with Crippen LogP contribution in [0.25, 0.3) is 0 Å². The van der Waals surface area contributed by atoms with Gasteiger partial charge in [0, 0.05) is 16.5 Å². The van der Waals surface area contributed by atoms with Crippen LogP contribution in [-0.2, 0) is 21.5 Å². The normalized spacial score (nSPS) is 27.8. The number of urea groups is 1. The minimum atomic E-state index is -0.961. The number of imide groups is 1. The van der Waals surface area contributed by atoms with Crippen molar-refractivity contribution in [3.05, 3.63) is 21.9 Å². The molecule has 5 rings (SSSR count). The zero-order valence-corrected chi connectivity index (χ0v) is 15.4. The molecule has 1 spiro atoms. The maximum absolute atomic E-state index is 13.1. The molecular formula is C19H23N3O3S. The molecule has 138 valence electrons. The molecule has 1 aromatic rings. The fourth-order valence-electron chi connectivity index (χ4n) is 4.59. The van der Waals surface area contributed by atoms with Gasteiger partial charge in [0.15, 0.2) is 0 Å². The second-order valence-corrected chi connectivity index (χ2v) is 9.11. The fourth-order valence-corrected chi connectivity index (χ4v) is 5.59. The van der Waals surface area contributed by atoms with Gasteiger partial charge in [-0.25, -0.2) is 4.79 Å². The lowest BCUT2D eigenvalue weighted by molar-refractivity contribution is -0.136. The molecule has 1 atom stereocenters. The Labute approximate surface area is 156 Å². The van der Waals surface area contributed by atoms with Gasteiger partial charge in [-0.1, -0.05) is 0 Å². The van der Waals surface area contributed by atoms with Crippen molar-refractivity contribution in [2.24, 2.45) is 11.8 Å². The van der Waals surface area contributed by atoms with E-state index >= 15 is 0 Å². The van der Waals surface area contributed by atoms with E-state index in [9.17, 15) is 14.4 Å². The van der Waals surface area contributed by atoms with Crippen LogP contribution < -0.4 is 10.6 Å². The Balaban J connectivity index is 1.32. The standard InChI is InChI=1S/C19H23N3O3S/c23-15(20-16(11-3-4-11)12-5-6-12)10-22-17(24)19(21-18(22)25)8-1-2-14-13(19)7-9-26-14/h7,9,11-12,16H,1-6,8,10H2,(H,20,23)(H,21,25)/t19-/m1/s1. The number of amides is 4. The third-order valence-electron chi connectivity index (χ3n) is 6.23. The van der Waals surface area contributed by atoms with Gasteiger partial charge in [-0.3, -0.25) is 14.5 Å². The first-order valence-corrected chi connectivity index (χ1v) is 10.5. The quantitative estimate of drug-likeness (QED) is 0.776. The predicted molar refractivity (Wildman–Crippen MR) is 96.6 cm³/mol. The number of aryl methyl sites for hydroxylation is 1.